The van der Waals surface area contributed by atoms with Crippen LogP contribution in [0.25, 0.3) is 6.08 Å². The Kier molecular flexibility index (Phi) is 8.12. The zero-order valence-electron chi connectivity index (χ0n) is 17.0. The summed E-state index contributed by atoms with van der Waals surface area (Å²) in [6.45, 7) is 4.61. The highest BCUT2D eigenvalue weighted by molar-refractivity contribution is 8.26. The summed E-state index contributed by atoms with van der Waals surface area (Å²) in [6, 6.07) is 8.04. The Bertz CT molecular complexity index is 953. The van der Waals surface area contributed by atoms with Crippen LogP contribution in [0.2, 0.25) is 0 Å². The molecule has 0 spiro atoms. The maximum atomic E-state index is 12.7. The fraction of sp³-hybridized carbons (Fsp3) is 0.381. The molecule has 1 aliphatic rings. The van der Waals surface area contributed by atoms with Gasteiger partial charge < -0.3 is 5.32 Å². The molecule has 2 amide bonds. The van der Waals surface area contributed by atoms with Crippen LogP contribution in [0, 0.1) is 6.92 Å². The third-order valence-corrected chi connectivity index (χ3v) is 6.91. The van der Waals surface area contributed by atoms with Crippen LogP contribution in [0.5, 0.6) is 0 Å². The number of benzene rings is 1. The highest BCUT2D eigenvalue weighted by Gasteiger charge is 2.31. The van der Waals surface area contributed by atoms with E-state index in [1.165, 1.54) is 28.7 Å². The van der Waals surface area contributed by atoms with Crippen molar-refractivity contribution in [2.45, 2.75) is 46.0 Å². The summed E-state index contributed by atoms with van der Waals surface area (Å²) in [6.07, 6.45) is 5.52. The molecule has 1 saturated heterocycles. The smallest absolute Gasteiger partial charge is 0.266 e. The van der Waals surface area contributed by atoms with Gasteiger partial charge in [-0.1, -0.05) is 78.5 Å². The van der Waals surface area contributed by atoms with Gasteiger partial charge in [-0.2, -0.15) is 0 Å². The van der Waals surface area contributed by atoms with Gasteiger partial charge in [0.2, 0.25) is 11.0 Å². The molecule has 9 heteroatoms. The number of hydrogen-bond acceptors (Lipinski definition) is 7. The van der Waals surface area contributed by atoms with Crippen molar-refractivity contribution in [3.63, 3.8) is 0 Å². The molecule has 2 heterocycles. The predicted octanol–water partition coefficient (Wildman–Crippen LogP) is 4.81. The second kappa shape index (κ2) is 10.8. The molecule has 6 nitrogen and oxygen atoms in total. The molecule has 1 aliphatic heterocycles. The fourth-order valence-electron chi connectivity index (χ4n) is 2.87. The zero-order chi connectivity index (χ0) is 21.5. The number of rotatable bonds is 9. The largest absolute Gasteiger partial charge is 0.301 e. The van der Waals surface area contributed by atoms with Crippen LogP contribution >= 0.6 is 35.3 Å². The third kappa shape index (κ3) is 6.20. The molecular weight excluding hydrogens is 436 g/mol. The van der Waals surface area contributed by atoms with Crippen LogP contribution < -0.4 is 5.32 Å². The second-order valence-electron chi connectivity index (χ2n) is 6.96. The average molecular weight is 461 g/mol. The number of aromatic nitrogens is 2. The van der Waals surface area contributed by atoms with E-state index in [0.29, 0.717) is 27.3 Å². The van der Waals surface area contributed by atoms with Gasteiger partial charge >= 0.3 is 0 Å². The van der Waals surface area contributed by atoms with Crippen molar-refractivity contribution in [2.24, 2.45) is 0 Å². The maximum absolute atomic E-state index is 12.7. The highest BCUT2D eigenvalue weighted by Crippen LogP contribution is 2.32. The highest BCUT2D eigenvalue weighted by atomic mass is 32.2. The number of thiocarbonyl (C=S) groups is 1. The number of nitrogens with zero attached hydrogens (tertiary/aromatic N) is 3. The molecule has 3 rings (SSSR count). The van der Waals surface area contributed by atoms with Crippen molar-refractivity contribution >= 4 is 62.7 Å². The monoisotopic (exact) mass is 460 g/mol. The second-order valence-corrected chi connectivity index (χ2v) is 9.70. The first kappa shape index (κ1) is 22.6. The zero-order valence-corrected chi connectivity index (χ0v) is 19.5. The lowest BCUT2D eigenvalue weighted by Crippen LogP contribution is -2.29. The van der Waals surface area contributed by atoms with Gasteiger partial charge in [-0.3, -0.25) is 14.5 Å². The van der Waals surface area contributed by atoms with Crippen molar-refractivity contribution in [2.75, 3.05) is 11.9 Å². The molecule has 0 unspecified atom stereocenters. The number of thioether (sulfide) groups is 1. The van der Waals surface area contributed by atoms with E-state index in [-0.39, 0.29) is 11.8 Å². The number of unbranched alkanes of at least 4 members (excludes halogenated alkanes) is 2. The lowest BCUT2D eigenvalue weighted by Gasteiger charge is -2.13. The summed E-state index contributed by atoms with van der Waals surface area (Å²) < 4.78 is 0.596. The molecule has 1 N–H and O–H groups in total. The molecule has 0 atom stereocenters. The van der Waals surface area contributed by atoms with Crippen LogP contribution in [0.3, 0.4) is 0 Å². The molecule has 1 aromatic heterocycles. The van der Waals surface area contributed by atoms with Gasteiger partial charge in [-0.05, 0) is 37.8 Å². The molecule has 0 bridgehead atoms. The Morgan fingerprint density at radius 3 is 2.67 bits per heavy atom. The van der Waals surface area contributed by atoms with Gasteiger partial charge in [0.1, 0.15) is 9.33 Å². The minimum atomic E-state index is -0.0551. The number of amides is 2. The van der Waals surface area contributed by atoms with Crippen LogP contribution in [0.15, 0.2) is 29.2 Å². The van der Waals surface area contributed by atoms with E-state index in [9.17, 15) is 9.59 Å². The normalized spacial score (nSPS) is 15.3. The van der Waals surface area contributed by atoms with E-state index in [1.54, 1.807) is 4.90 Å². The Morgan fingerprint density at radius 1 is 1.20 bits per heavy atom. The number of anilines is 1. The maximum Gasteiger partial charge on any atom is 0.266 e. The molecule has 158 valence electrons. The minimum Gasteiger partial charge on any atom is -0.301 e. The third-order valence-electron chi connectivity index (χ3n) is 4.55. The van der Waals surface area contributed by atoms with E-state index in [1.807, 2.05) is 44.2 Å². The SMILES string of the molecule is CCc1nnc(NC(=O)CCCCCN2C(=O)/C(=C/c3ccc(C)cc3)SC2=S)s1. The lowest BCUT2D eigenvalue weighted by atomic mass is 10.1. The summed E-state index contributed by atoms with van der Waals surface area (Å²) in [5.41, 5.74) is 2.18. The van der Waals surface area contributed by atoms with E-state index < -0.39 is 0 Å². The van der Waals surface area contributed by atoms with Crippen molar-refractivity contribution < 1.29 is 9.59 Å². The Labute approximate surface area is 190 Å². The number of hydrogen-bond donors (Lipinski definition) is 1. The Balaban J connectivity index is 1.40. The Hall–Kier alpha value is -2.10. The van der Waals surface area contributed by atoms with Crippen molar-refractivity contribution in [3.05, 3.63) is 45.3 Å². The predicted molar refractivity (Wildman–Crippen MR) is 127 cm³/mol. The lowest BCUT2D eigenvalue weighted by molar-refractivity contribution is -0.122. The van der Waals surface area contributed by atoms with E-state index in [0.717, 1.165) is 36.3 Å². The number of carbonyl (C=O) groups excluding carboxylic acids is 2. The quantitative estimate of drug-likeness (QED) is 0.329. The molecular formula is C21H24N4O2S3. The van der Waals surface area contributed by atoms with E-state index in [4.69, 9.17) is 12.2 Å². The number of nitrogens with one attached hydrogen (secondary N) is 1. The number of carbonyl (C=O) groups is 2. The molecule has 0 aliphatic carbocycles. The first-order chi connectivity index (χ1) is 14.5. The van der Waals surface area contributed by atoms with Crippen LogP contribution in [0.4, 0.5) is 5.13 Å². The number of aryl methyl sites for hydroxylation is 2. The fourth-order valence-corrected chi connectivity index (χ4v) is 4.87. The molecule has 2 aromatic rings. The standard InChI is InChI=1S/C21H24N4O2S3/c1-3-18-23-24-20(30-18)22-17(26)7-5-4-6-12-25-19(27)16(29-21(25)28)13-15-10-8-14(2)9-11-15/h8-11,13H,3-7,12H2,1-2H3,(H,22,24,26)/b16-13-. The molecule has 30 heavy (non-hydrogen) atoms. The summed E-state index contributed by atoms with van der Waals surface area (Å²) in [5.74, 6) is -0.0910. The summed E-state index contributed by atoms with van der Waals surface area (Å²) in [5, 5.41) is 12.2. The first-order valence-corrected chi connectivity index (χ1v) is 11.9. The molecule has 0 saturated carbocycles. The minimum absolute atomic E-state index is 0.0358. The molecule has 1 fully saturated rings. The summed E-state index contributed by atoms with van der Waals surface area (Å²) in [7, 11) is 0. The van der Waals surface area contributed by atoms with Crippen molar-refractivity contribution in [1.82, 2.24) is 15.1 Å². The van der Waals surface area contributed by atoms with Crippen LogP contribution in [-0.4, -0.2) is 37.8 Å². The topological polar surface area (TPSA) is 75.2 Å². The molecule has 0 radical (unpaired) electrons. The Morgan fingerprint density at radius 2 is 1.97 bits per heavy atom. The van der Waals surface area contributed by atoms with Gasteiger partial charge in [0, 0.05) is 13.0 Å². The van der Waals surface area contributed by atoms with E-state index >= 15 is 0 Å². The van der Waals surface area contributed by atoms with Gasteiger partial charge in [0.25, 0.3) is 5.91 Å². The molecule has 1 aromatic carbocycles. The van der Waals surface area contributed by atoms with Crippen LogP contribution in [0.1, 0.15) is 48.7 Å². The van der Waals surface area contributed by atoms with Crippen LogP contribution in [-0.2, 0) is 16.0 Å². The van der Waals surface area contributed by atoms with Gasteiger partial charge in [0.15, 0.2) is 0 Å². The summed E-state index contributed by atoms with van der Waals surface area (Å²) >= 11 is 8.14. The van der Waals surface area contributed by atoms with Gasteiger partial charge in [-0.15, -0.1) is 10.2 Å². The average Bonchev–Trinajstić information content (AvgIpc) is 3.28. The van der Waals surface area contributed by atoms with Crippen molar-refractivity contribution in [1.29, 1.82) is 0 Å². The van der Waals surface area contributed by atoms with Gasteiger partial charge in [0.05, 0.1) is 4.91 Å². The van der Waals surface area contributed by atoms with E-state index in [2.05, 4.69) is 15.5 Å². The summed E-state index contributed by atoms with van der Waals surface area (Å²) in [4.78, 5) is 27.0. The van der Waals surface area contributed by atoms with Crippen molar-refractivity contribution in [3.8, 4) is 0 Å². The first-order valence-electron chi connectivity index (χ1n) is 9.90. The van der Waals surface area contributed by atoms with Gasteiger partial charge in [-0.25, -0.2) is 0 Å².